The molecule has 3 N–H and O–H groups in total. The second kappa shape index (κ2) is 11.0. The molecule has 0 radical (unpaired) electrons. The minimum atomic E-state index is -0.523. The summed E-state index contributed by atoms with van der Waals surface area (Å²) in [5, 5.41) is 5.93. The van der Waals surface area contributed by atoms with Crippen molar-refractivity contribution in [1.82, 2.24) is 15.2 Å². The number of alkyl carbamates (subject to hydrolysis) is 1. The van der Waals surface area contributed by atoms with Gasteiger partial charge in [-0.15, -0.1) is 35.3 Å². The van der Waals surface area contributed by atoms with Gasteiger partial charge in [-0.05, 0) is 26.7 Å². The fourth-order valence-corrected chi connectivity index (χ4v) is 3.37. The molecule has 2 heterocycles. The van der Waals surface area contributed by atoms with E-state index in [0.29, 0.717) is 12.5 Å². The number of anilines is 1. The van der Waals surface area contributed by atoms with Gasteiger partial charge in [0.25, 0.3) is 0 Å². The summed E-state index contributed by atoms with van der Waals surface area (Å²) >= 11 is 1.65. The van der Waals surface area contributed by atoms with Gasteiger partial charge in [0.15, 0.2) is 11.1 Å². The number of guanidine groups is 1. The van der Waals surface area contributed by atoms with Gasteiger partial charge in [0.05, 0.1) is 12.6 Å². The Morgan fingerprint density at radius 3 is 2.50 bits per heavy atom. The summed E-state index contributed by atoms with van der Waals surface area (Å²) in [5.41, 5.74) is 5.67. The van der Waals surface area contributed by atoms with E-state index in [2.05, 4.69) is 25.1 Å². The van der Waals surface area contributed by atoms with E-state index in [1.807, 2.05) is 46.2 Å². The summed E-state index contributed by atoms with van der Waals surface area (Å²) in [4.78, 5) is 25.3. The van der Waals surface area contributed by atoms with Gasteiger partial charge in [-0.1, -0.05) is 13.8 Å². The average molecular weight is 524 g/mol. The number of aromatic nitrogens is 1. The summed E-state index contributed by atoms with van der Waals surface area (Å²) in [6.07, 6.45) is 1.40. The molecule has 1 aliphatic heterocycles. The lowest BCUT2D eigenvalue weighted by atomic mass is 10.1. The predicted octanol–water partition coefficient (Wildman–Crippen LogP) is 2.75. The molecule has 28 heavy (non-hydrogen) atoms. The summed E-state index contributed by atoms with van der Waals surface area (Å²) in [7, 11) is 0. The molecule has 1 unspecified atom stereocenters. The van der Waals surface area contributed by atoms with Crippen molar-refractivity contribution >= 4 is 52.5 Å². The first-order valence-electron chi connectivity index (χ1n) is 9.34. The zero-order chi connectivity index (χ0) is 20.0. The number of nitrogens with one attached hydrogen (secondary N) is 1. The summed E-state index contributed by atoms with van der Waals surface area (Å²) in [6, 6.07) is -0.130. The number of carbonyl (C=O) groups excluding carboxylic acids is 1. The largest absolute Gasteiger partial charge is 0.444 e. The van der Waals surface area contributed by atoms with E-state index < -0.39 is 11.7 Å². The molecule has 160 valence electrons. The SMILES string of the molecule is CC(C)C(CN=C(N)N1CCN(c2nccs2)CC1)NC(=O)OC(C)(C)C.I. The van der Waals surface area contributed by atoms with Crippen LogP contribution in [-0.2, 0) is 4.74 Å². The quantitative estimate of drug-likeness (QED) is 0.350. The third-order valence-corrected chi connectivity index (χ3v) is 5.08. The predicted molar refractivity (Wildman–Crippen MR) is 126 cm³/mol. The van der Waals surface area contributed by atoms with E-state index in [4.69, 9.17) is 10.5 Å². The maximum absolute atomic E-state index is 12.0. The highest BCUT2D eigenvalue weighted by molar-refractivity contribution is 14.0. The number of amides is 1. The molecule has 1 amide bonds. The number of carbonyl (C=O) groups is 1. The zero-order valence-electron chi connectivity index (χ0n) is 17.3. The molecular weight excluding hydrogens is 491 g/mol. The fourth-order valence-electron chi connectivity index (χ4n) is 2.67. The minimum absolute atomic E-state index is 0. The molecule has 1 aromatic heterocycles. The van der Waals surface area contributed by atoms with E-state index in [-0.39, 0.29) is 35.9 Å². The topological polar surface area (TPSA) is 96.1 Å². The van der Waals surface area contributed by atoms with Gasteiger partial charge in [0.1, 0.15) is 5.60 Å². The highest BCUT2D eigenvalue weighted by Crippen LogP contribution is 2.18. The van der Waals surface area contributed by atoms with Crippen LogP contribution in [0.4, 0.5) is 9.93 Å². The van der Waals surface area contributed by atoms with Gasteiger partial charge < -0.3 is 25.6 Å². The molecule has 1 aliphatic rings. The highest BCUT2D eigenvalue weighted by atomic mass is 127. The third-order valence-electron chi connectivity index (χ3n) is 4.25. The Balaban J connectivity index is 0.00000392. The first-order valence-corrected chi connectivity index (χ1v) is 10.2. The number of nitrogens with zero attached hydrogens (tertiary/aromatic N) is 4. The molecule has 8 nitrogen and oxygen atoms in total. The highest BCUT2D eigenvalue weighted by Gasteiger charge is 2.23. The van der Waals surface area contributed by atoms with Gasteiger partial charge in [0.2, 0.25) is 0 Å². The molecule has 0 spiro atoms. The molecule has 0 aromatic carbocycles. The number of halogens is 1. The van der Waals surface area contributed by atoms with Crippen LogP contribution in [0, 0.1) is 5.92 Å². The van der Waals surface area contributed by atoms with Crippen molar-refractivity contribution in [3.05, 3.63) is 11.6 Å². The van der Waals surface area contributed by atoms with Crippen molar-refractivity contribution in [1.29, 1.82) is 0 Å². The number of thiazole rings is 1. The molecule has 1 saturated heterocycles. The van der Waals surface area contributed by atoms with Crippen molar-refractivity contribution in [2.75, 3.05) is 37.6 Å². The van der Waals surface area contributed by atoms with Crippen LogP contribution < -0.4 is 16.0 Å². The monoisotopic (exact) mass is 524 g/mol. The van der Waals surface area contributed by atoms with E-state index in [1.165, 1.54) is 0 Å². The van der Waals surface area contributed by atoms with Crippen molar-refractivity contribution in [2.24, 2.45) is 16.6 Å². The molecule has 1 atom stereocenters. The van der Waals surface area contributed by atoms with Crippen LogP contribution in [0.5, 0.6) is 0 Å². The molecule has 1 aromatic rings. The molecule has 1 fully saturated rings. The maximum Gasteiger partial charge on any atom is 0.407 e. The summed E-state index contributed by atoms with van der Waals surface area (Å²) in [5.74, 6) is 0.737. The number of hydrogen-bond donors (Lipinski definition) is 2. The van der Waals surface area contributed by atoms with Crippen LogP contribution in [0.25, 0.3) is 0 Å². The van der Waals surface area contributed by atoms with Gasteiger partial charge in [-0.2, -0.15) is 0 Å². The Kier molecular flexibility index (Phi) is 9.75. The number of hydrogen-bond acceptors (Lipinski definition) is 6. The van der Waals surface area contributed by atoms with Gasteiger partial charge in [-0.25, -0.2) is 9.78 Å². The van der Waals surface area contributed by atoms with Crippen LogP contribution in [0.2, 0.25) is 0 Å². The van der Waals surface area contributed by atoms with Crippen molar-refractivity contribution in [3.63, 3.8) is 0 Å². The van der Waals surface area contributed by atoms with Crippen LogP contribution in [0.3, 0.4) is 0 Å². The molecule has 2 rings (SSSR count). The van der Waals surface area contributed by atoms with Crippen molar-refractivity contribution in [3.8, 4) is 0 Å². The number of nitrogens with two attached hydrogens (primary N) is 1. The Morgan fingerprint density at radius 2 is 2.00 bits per heavy atom. The Morgan fingerprint density at radius 1 is 1.36 bits per heavy atom. The number of rotatable bonds is 5. The Bertz CT molecular complexity index is 625. The van der Waals surface area contributed by atoms with Gasteiger partial charge in [0, 0.05) is 37.8 Å². The van der Waals surface area contributed by atoms with Gasteiger partial charge in [-0.3, -0.25) is 4.99 Å². The van der Waals surface area contributed by atoms with E-state index in [1.54, 1.807) is 11.3 Å². The van der Waals surface area contributed by atoms with Gasteiger partial charge >= 0.3 is 6.09 Å². The number of piperazine rings is 1. The normalized spacial score (nSPS) is 16.6. The first-order chi connectivity index (χ1) is 12.7. The fraction of sp³-hybridized carbons (Fsp3) is 0.722. The Labute approximate surface area is 188 Å². The second-order valence-electron chi connectivity index (χ2n) is 7.98. The number of ether oxygens (including phenoxy) is 1. The molecule has 0 saturated carbocycles. The lowest BCUT2D eigenvalue weighted by Gasteiger charge is -2.35. The lowest BCUT2D eigenvalue weighted by molar-refractivity contribution is 0.0493. The molecule has 0 bridgehead atoms. The average Bonchev–Trinajstić information content (AvgIpc) is 3.11. The number of aliphatic imine (C=N–C) groups is 1. The molecular formula is C18H33IN6O2S. The molecule has 10 heteroatoms. The molecule has 0 aliphatic carbocycles. The Hall–Kier alpha value is -1.30. The van der Waals surface area contributed by atoms with Crippen molar-refractivity contribution < 1.29 is 9.53 Å². The van der Waals surface area contributed by atoms with E-state index in [9.17, 15) is 4.79 Å². The zero-order valence-corrected chi connectivity index (χ0v) is 20.5. The second-order valence-corrected chi connectivity index (χ2v) is 8.86. The summed E-state index contributed by atoms with van der Waals surface area (Å²) < 4.78 is 5.34. The standard InChI is InChI=1S/C18H32N6O2S.HI/c1-13(2)14(22-17(25)26-18(3,4)5)12-21-15(19)23-7-9-24(10-8-23)16-20-6-11-27-16;/h6,11,13-14H,7-10,12H2,1-5H3,(H2,19,21)(H,22,25);1H. The summed E-state index contributed by atoms with van der Waals surface area (Å²) in [6.45, 7) is 13.4. The maximum atomic E-state index is 12.0. The van der Waals surface area contributed by atoms with Crippen molar-refractivity contribution in [2.45, 2.75) is 46.3 Å². The van der Waals surface area contributed by atoms with E-state index >= 15 is 0 Å². The van der Waals surface area contributed by atoms with E-state index in [0.717, 1.165) is 31.3 Å². The first kappa shape index (κ1) is 24.7. The van der Waals surface area contributed by atoms with Crippen LogP contribution in [0.15, 0.2) is 16.6 Å². The minimum Gasteiger partial charge on any atom is -0.444 e. The third kappa shape index (κ3) is 7.98. The van der Waals surface area contributed by atoms with Crippen LogP contribution >= 0.6 is 35.3 Å². The van der Waals surface area contributed by atoms with Crippen LogP contribution in [-0.4, -0.2) is 66.3 Å². The van der Waals surface area contributed by atoms with Crippen LogP contribution in [0.1, 0.15) is 34.6 Å². The smallest absolute Gasteiger partial charge is 0.407 e. The lowest BCUT2D eigenvalue weighted by Crippen LogP contribution is -2.51.